The van der Waals surface area contributed by atoms with Gasteiger partial charge in [0.05, 0.1) is 36.3 Å². The van der Waals surface area contributed by atoms with E-state index in [9.17, 15) is 9.59 Å². The number of para-hydroxylation sites is 1. The molecule has 31 heavy (non-hydrogen) atoms. The van der Waals surface area contributed by atoms with E-state index >= 15 is 0 Å². The fourth-order valence-corrected chi connectivity index (χ4v) is 3.85. The Bertz CT molecular complexity index is 1120. The number of carbonyl (C=O) groups excluding carboxylic acids is 2. The van der Waals surface area contributed by atoms with E-state index in [0.29, 0.717) is 33.0 Å². The average molecular weight is 458 g/mol. The molecule has 1 heterocycles. The molecule has 160 valence electrons. The number of methoxy groups -OCH3 is 2. The lowest BCUT2D eigenvalue weighted by molar-refractivity contribution is -0.116. The summed E-state index contributed by atoms with van der Waals surface area (Å²) < 4.78 is 10.4. The van der Waals surface area contributed by atoms with Crippen LogP contribution in [0.2, 0.25) is 5.02 Å². The zero-order valence-corrected chi connectivity index (χ0v) is 18.7. The third kappa shape index (κ3) is 5.42. The molecule has 1 aromatic heterocycles. The van der Waals surface area contributed by atoms with Gasteiger partial charge in [-0.1, -0.05) is 29.8 Å². The number of ether oxygens (including phenoxy) is 2. The highest BCUT2D eigenvalue weighted by Gasteiger charge is 2.17. The molecule has 0 aliphatic carbocycles. The molecule has 9 heteroatoms. The largest absolute Gasteiger partial charge is 0.495 e. The second kappa shape index (κ2) is 10.1. The Labute approximate surface area is 188 Å². The van der Waals surface area contributed by atoms with Crippen LogP contribution in [-0.4, -0.2) is 31.0 Å². The maximum absolute atomic E-state index is 12.4. The normalized spacial score (nSPS) is 10.7. The van der Waals surface area contributed by atoms with Crippen molar-refractivity contribution in [2.24, 2.45) is 0 Å². The van der Waals surface area contributed by atoms with Crippen molar-refractivity contribution in [1.29, 1.82) is 0 Å². The van der Waals surface area contributed by atoms with Crippen molar-refractivity contribution in [3.8, 4) is 11.5 Å². The molecule has 0 spiro atoms. The molecule has 0 radical (unpaired) electrons. The quantitative estimate of drug-likeness (QED) is 0.496. The number of hydrogen-bond acceptors (Lipinski definition) is 6. The van der Waals surface area contributed by atoms with Crippen molar-refractivity contribution >= 4 is 57.3 Å². The van der Waals surface area contributed by atoms with Crippen LogP contribution in [0.5, 0.6) is 11.5 Å². The van der Waals surface area contributed by atoms with Gasteiger partial charge >= 0.3 is 0 Å². The number of nitrogens with zero attached hydrogens (tertiary/aromatic N) is 2. The van der Waals surface area contributed by atoms with Crippen LogP contribution in [0.1, 0.15) is 12.6 Å². The summed E-state index contributed by atoms with van der Waals surface area (Å²) in [5, 5.41) is 5.35. The number of thiazole rings is 1. The zero-order chi connectivity index (χ0) is 22.4. The summed E-state index contributed by atoms with van der Waals surface area (Å²) in [6.07, 6.45) is 2.91. The number of carbonyl (C=O) groups is 2. The molecule has 0 unspecified atom stereocenters. The maximum Gasteiger partial charge on any atom is 0.248 e. The van der Waals surface area contributed by atoms with Crippen LogP contribution in [-0.2, 0) is 9.59 Å². The number of rotatable bonds is 7. The summed E-state index contributed by atoms with van der Waals surface area (Å²) in [6, 6.07) is 12.4. The smallest absolute Gasteiger partial charge is 0.248 e. The molecule has 0 fully saturated rings. The summed E-state index contributed by atoms with van der Waals surface area (Å²) in [7, 11) is 2.98. The molecule has 0 bridgehead atoms. The minimum Gasteiger partial charge on any atom is -0.495 e. The molecule has 3 rings (SSSR count). The second-order valence-electron chi connectivity index (χ2n) is 6.25. The molecule has 7 nitrogen and oxygen atoms in total. The van der Waals surface area contributed by atoms with Crippen molar-refractivity contribution < 1.29 is 19.1 Å². The number of benzene rings is 2. The molecule has 2 aromatic carbocycles. The van der Waals surface area contributed by atoms with Crippen LogP contribution in [0.4, 0.5) is 16.5 Å². The van der Waals surface area contributed by atoms with E-state index in [1.165, 1.54) is 43.5 Å². The lowest BCUT2D eigenvalue weighted by Gasteiger charge is -2.17. The molecule has 0 aliphatic heterocycles. The molecule has 0 aliphatic rings. The summed E-state index contributed by atoms with van der Waals surface area (Å²) in [5.41, 5.74) is 1.69. The molecule has 0 saturated carbocycles. The van der Waals surface area contributed by atoms with Gasteiger partial charge in [-0.3, -0.25) is 14.5 Å². The topological polar surface area (TPSA) is 80.8 Å². The first kappa shape index (κ1) is 22.3. The Morgan fingerprint density at radius 3 is 2.48 bits per heavy atom. The van der Waals surface area contributed by atoms with Crippen LogP contribution < -0.4 is 19.7 Å². The van der Waals surface area contributed by atoms with Crippen LogP contribution >= 0.6 is 22.9 Å². The van der Waals surface area contributed by atoms with Gasteiger partial charge in [0, 0.05) is 24.4 Å². The Hall–Kier alpha value is -3.36. The highest BCUT2D eigenvalue weighted by Crippen LogP contribution is 2.36. The maximum atomic E-state index is 12.4. The minimum absolute atomic E-state index is 0.155. The van der Waals surface area contributed by atoms with E-state index in [-0.39, 0.29) is 11.8 Å². The van der Waals surface area contributed by atoms with Gasteiger partial charge in [-0.15, -0.1) is 11.3 Å². The summed E-state index contributed by atoms with van der Waals surface area (Å²) in [4.78, 5) is 30.5. The van der Waals surface area contributed by atoms with Crippen molar-refractivity contribution in [3.05, 3.63) is 64.6 Å². The lowest BCUT2D eigenvalue weighted by atomic mass is 10.2. The van der Waals surface area contributed by atoms with E-state index in [1.54, 1.807) is 23.6 Å². The molecular weight excluding hydrogens is 438 g/mol. The van der Waals surface area contributed by atoms with E-state index in [2.05, 4.69) is 10.3 Å². The van der Waals surface area contributed by atoms with Gasteiger partial charge < -0.3 is 14.8 Å². The van der Waals surface area contributed by atoms with Gasteiger partial charge in [0.2, 0.25) is 11.8 Å². The summed E-state index contributed by atoms with van der Waals surface area (Å²) in [6.45, 7) is 1.48. The summed E-state index contributed by atoms with van der Waals surface area (Å²) in [5.74, 6) is 0.312. The Morgan fingerprint density at radius 2 is 1.84 bits per heavy atom. The molecule has 2 amide bonds. The number of amides is 2. The molecule has 0 atom stereocenters. The molecule has 3 aromatic rings. The Kier molecular flexibility index (Phi) is 7.28. The van der Waals surface area contributed by atoms with Gasteiger partial charge in [-0.05, 0) is 24.3 Å². The molecular formula is C22H20ClN3O4S. The van der Waals surface area contributed by atoms with Crippen molar-refractivity contribution in [3.63, 3.8) is 0 Å². The van der Waals surface area contributed by atoms with E-state index < -0.39 is 0 Å². The first-order valence-corrected chi connectivity index (χ1v) is 10.4. The highest BCUT2D eigenvalue weighted by molar-refractivity contribution is 7.14. The number of halogens is 1. The number of anilines is 3. The number of nitrogens with one attached hydrogen (secondary N) is 1. The fraction of sp³-hybridized carbons (Fsp3) is 0.136. The predicted octanol–water partition coefficient (Wildman–Crippen LogP) is 5.15. The van der Waals surface area contributed by atoms with Gasteiger partial charge in [0.15, 0.2) is 5.13 Å². The van der Waals surface area contributed by atoms with Crippen LogP contribution in [0.15, 0.2) is 53.9 Å². The minimum atomic E-state index is -0.388. The predicted molar refractivity (Wildman–Crippen MR) is 124 cm³/mol. The second-order valence-corrected chi connectivity index (χ2v) is 7.50. The van der Waals surface area contributed by atoms with Crippen molar-refractivity contribution in [2.45, 2.75) is 6.92 Å². The summed E-state index contributed by atoms with van der Waals surface area (Å²) >= 11 is 7.44. The van der Waals surface area contributed by atoms with Gasteiger partial charge in [0.1, 0.15) is 11.5 Å². The zero-order valence-electron chi connectivity index (χ0n) is 17.1. The van der Waals surface area contributed by atoms with Gasteiger partial charge in [-0.25, -0.2) is 4.98 Å². The fourth-order valence-electron chi connectivity index (χ4n) is 2.75. The third-order valence-corrected chi connectivity index (χ3v) is 5.31. The van der Waals surface area contributed by atoms with Crippen LogP contribution in [0.3, 0.4) is 0 Å². The van der Waals surface area contributed by atoms with Crippen LogP contribution in [0, 0.1) is 0 Å². The van der Waals surface area contributed by atoms with E-state index in [1.807, 2.05) is 30.3 Å². The average Bonchev–Trinajstić information content (AvgIpc) is 3.21. The van der Waals surface area contributed by atoms with E-state index in [0.717, 1.165) is 5.69 Å². The standard InChI is InChI=1S/C22H20ClN3O4S/c1-14(27)26(16-7-5-4-6-8-16)22-24-15(13-31-22)9-10-21(28)25-18-11-17(23)19(29-2)12-20(18)30-3/h4-13H,1-3H3,(H,25,28)/b10-9+. The van der Waals surface area contributed by atoms with Gasteiger partial charge in [0.25, 0.3) is 0 Å². The lowest BCUT2D eigenvalue weighted by Crippen LogP contribution is -2.22. The monoisotopic (exact) mass is 457 g/mol. The Morgan fingerprint density at radius 1 is 1.13 bits per heavy atom. The Balaban J connectivity index is 1.75. The first-order valence-electron chi connectivity index (χ1n) is 9.14. The molecule has 0 saturated heterocycles. The highest BCUT2D eigenvalue weighted by atomic mass is 35.5. The number of hydrogen-bond donors (Lipinski definition) is 1. The van der Waals surface area contributed by atoms with Crippen molar-refractivity contribution in [1.82, 2.24) is 4.98 Å². The molecule has 1 N–H and O–H groups in total. The van der Waals surface area contributed by atoms with Gasteiger partial charge in [-0.2, -0.15) is 0 Å². The SMILES string of the molecule is COc1cc(OC)c(NC(=O)/C=C/c2csc(N(C(C)=O)c3ccccc3)n2)cc1Cl. The van der Waals surface area contributed by atoms with Crippen LogP contribution in [0.25, 0.3) is 6.08 Å². The van der Waals surface area contributed by atoms with E-state index in [4.69, 9.17) is 21.1 Å². The third-order valence-electron chi connectivity index (χ3n) is 4.17. The number of aromatic nitrogens is 1. The first-order chi connectivity index (χ1) is 14.9. The van der Waals surface area contributed by atoms with Crippen molar-refractivity contribution in [2.75, 3.05) is 24.4 Å².